The Morgan fingerprint density at radius 3 is 2.58 bits per heavy atom. The monoisotopic (exact) mass is 521 g/mol. The molecule has 2 aliphatic rings. The Morgan fingerprint density at radius 2 is 1.84 bits per heavy atom. The van der Waals surface area contributed by atoms with E-state index >= 15 is 0 Å². The zero-order chi connectivity index (χ0) is 26.9. The second-order valence-corrected chi connectivity index (χ2v) is 10.7. The Labute approximate surface area is 221 Å². The molecule has 5 rings (SSSR count). The highest BCUT2D eigenvalue weighted by Gasteiger charge is 2.31. The fraction of sp³-hybridized carbons (Fsp3) is 0.387. The van der Waals surface area contributed by atoms with Gasteiger partial charge in [-0.2, -0.15) is 13.2 Å². The molecular formula is C31H34F3N3O. The van der Waals surface area contributed by atoms with Crippen LogP contribution in [0.5, 0.6) is 0 Å². The molecule has 1 atom stereocenters. The number of allylic oxidation sites excluding steroid dienone is 2. The number of para-hydroxylation sites is 1. The molecule has 7 heteroatoms. The zero-order valence-electron chi connectivity index (χ0n) is 21.8. The number of fused-ring (bicyclic) bond motifs is 1. The van der Waals surface area contributed by atoms with Crippen molar-refractivity contribution >= 4 is 16.8 Å². The van der Waals surface area contributed by atoms with E-state index in [1.807, 2.05) is 48.9 Å². The van der Waals surface area contributed by atoms with E-state index in [0.717, 1.165) is 61.4 Å². The predicted octanol–water partition coefficient (Wildman–Crippen LogP) is 6.89. The van der Waals surface area contributed by atoms with Gasteiger partial charge in [0.25, 0.3) is 0 Å². The Balaban J connectivity index is 1.29. The number of amides is 1. The number of nitrogens with one attached hydrogen (secondary N) is 1. The van der Waals surface area contributed by atoms with E-state index < -0.39 is 11.7 Å². The third-order valence-electron chi connectivity index (χ3n) is 7.65. The summed E-state index contributed by atoms with van der Waals surface area (Å²) in [6.07, 6.45) is 7.10. The summed E-state index contributed by atoms with van der Waals surface area (Å²) in [5, 5.41) is 4.20. The smallest absolute Gasteiger partial charge is 0.349 e. The van der Waals surface area contributed by atoms with Gasteiger partial charge in [-0.25, -0.2) is 0 Å². The van der Waals surface area contributed by atoms with E-state index in [1.165, 1.54) is 17.7 Å². The van der Waals surface area contributed by atoms with Gasteiger partial charge in [-0.3, -0.25) is 9.69 Å². The number of benzene rings is 2. The number of carbonyl (C=O) groups excluding carboxylic acids is 1. The molecule has 1 saturated heterocycles. The highest BCUT2D eigenvalue weighted by Crippen LogP contribution is 2.33. The maximum Gasteiger partial charge on any atom is 0.416 e. The summed E-state index contributed by atoms with van der Waals surface area (Å²) in [4.78, 5) is 14.6. The molecule has 3 aromatic rings. The summed E-state index contributed by atoms with van der Waals surface area (Å²) in [7, 11) is 0. The van der Waals surface area contributed by atoms with E-state index in [4.69, 9.17) is 0 Å². The van der Waals surface area contributed by atoms with Crippen LogP contribution in [0, 0.1) is 11.8 Å². The van der Waals surface area contributed by atoms with E-state index in [1.54, 1.807) is 6.07 Å². The molecule has 4 nitrogen and oxygen atoms in total. The van der Waals surface area contributed by atoms with Crippen LogP contribution in [0.3, 0.4) is 0 Å². The van der Waals surface area contributed by atoms with Crippen LogP contribution < -0.4 is 5.32 Å². The van der Waals surface area contributed by atoms with Gasteiger partial charge < -0.3 is 9.88 Å². The molecule has 1 fully saturated rings. The van der Waals surface area contributed by atoms with Crippen molar-refractivity contribution in [2.75, 3.05) is 13.1 Å². The summed E-state index contributed by atoms with van der Waals surface area (Å²) in [6.45, 7) is 6.46. The lowest BCUT2D eigenvalue weighted by Crippen LogP contribution is -2.38. The molecule has 1 amide bonds. The van der Waals surface area contributed by atoms with E-state index in [0.29, 0.717) is 11.6 Å². The standard InChI is InChI=1S/C31H34F3N3O/c1-21(2)30(38)35-26-9-5-7-23(17-26)22-13-15-36(16-14-22)19-24-20-37(29-12-4-3-11-28(24)29)27-10-6-8-25(18-27)31(32,33)34/h3-8,10-12,17-18,20-22,26H,9,13-16,19H2,1-2H3,(H,35,38). The van der Waals surface area contributed by atoms with Crippen molar-refractivity contribution in [3.63, 3.8) is 0 Å². The average Bonchev–Trinajstić information content (AvgIpc) is 3.27. The topological polar surface area (TPSA) is 37.3 Å². The molecule has 200 valence electrons. The molecule has 1 unspecified atom stereocenters. The summed E-state index contributed by atoms with van der Waals surface area (Å²) in [6, 6.07) is 13.5. The normalized spacial score (nSPS) is 19.2. The third kappa shape index (κ3) is 5.73. The van der Waals surface area contributed by atoms with Gasteiger partial charge in [0, 0.05) is 29.7 Å². The molecule has 0 spiro atoms. The lowest BCUT2D eigenvalue weighted by molar-refractivity contribution is -0.137. The molecule has 1 aromatic heterocycles. The molecule has 1 aliphatic carbocycles. The quantitative estimate of drug-likeness (QED) is 0.384. The van der Waals surface area contributed by atoms with Gasteiger partial charge >= 0.3 is 6.18 Å². The van der Waals surface area contributed by atoms with Crippen LogP contribution in [0.15, 0.2) is 78.5 Å². The van der Waals surface area contributed by atoms with E-state index in [2.05, 4.69) is 28.4 Å². The number of alkyl halides is 3. The summed E-state index contributed by atoms with van der Waals surface area (Å²) in [5.74, 6) is 0.522. The molecule has 0 radical (unpaired) electrons. The number of hydrogen-bond acceptors (Lipinski definition) is 2. The number of aromatic nitrogens is 1. The largest absolute Gasteiger partial charge is 0.416 e. The maximum atomic E-state index is 13.3. The van der Waals surface area contributed by atoms with Gasteiger partial charge in [-0.05, 0) is 73.7 Å². The highest BCUT2D eigenvalue weighted by molar-refractivity contribution is 5.85. The third-order valence-corrected chi connectivity index (χ3v) is 7.65. The fourth-order valence-corrected chi connectivity index (χ4v) is 5.52. The van der Waals surface area contributed by atoms with Crippen LogP contribution in [-0.4, -0.2) is 34.5 Å². The first-order chi connectivity index (χ1) is 18.2. The Hall–Kier alpha value is -3.32. The van der Waals surface area contributed by atoms with Gasteiger partial charge in [0.2, 0.25) is 5.91 Å². The molecule has 1 N–H and O–H groups in total. The summed E-state index contributed by atoms with van der Waals surface area (Å²) >= 11 is 0. The number of carbonyl (C=O) groups is 1. The maximum absolute atomic E-state index is 13.3. The minimum atomic E-state index is -4.38. The van der Waals surface area contributed by atoms with Gasteiger partial charge in [0.05, 0.1) is 17.1 Å². The zero-order valence-corrected chi connectivity index (χ0v) is 21.8. The molecule has 0 saturated carbocycles. The first-order valence-electron chi connectivity index (χ1n) is 13.4. The van der Waals surface area contributed by atoms with Crippen LogP contribution >= 0.6 is 0 Å². The van der Waals surface area contributed by atoms with Gasteiger partial charge in [-0.15, -0.1) is 0 Å². The van der Waals surface area contributed by atoms with Gasteiger partial charge in [0.1, 0.15) is 0 Å². The number of nitrogens with zero attached hydrogens (tertiary/aromatic N) is 2. The Morgan fingerprint density at radius 1 is 1.08 bits per heavy atom. The lowest BCUT2D eigenvalue weighted by atomic mass is 9.85. The number of piperidine rings is 1. The van der Waals surface area contributed by atoms with Crippen LogP contribution in [0.25, 0.3) is 16.6 Å². The molecular weight excluding hydrogens is 487 g/mol. The number of hydrogen-bond donors (Lipinski definition) is 1. The van der Waals surface area contributed by atoms with Gasteiger partial charge in [-0.1, -0.05) is 56.3 Å². The van der Waals surface area contributed by atoms with Crippen molar-refractivity contribution in [3.8, 4) is 5.69 Å². The minimum absolute atomic E-state index is 0.0273. The summed E-state index contributed by atoms with van der Waals surface area (Å²) in [5.41, 5.74) is 3.20. The highest BCUT2D eigenvalue weighted by atomic mass is 19.4. The fourth-order valence-electron chi connectivity index (χ4n) is 5.52. The van der Waals surface area contributed by atoms with Crippen molar-refractivity contribution < 1.29 is 18.0 Å². The van der Waals surface area contributed by atoms with Crippen molar-refractivity contribution in [1.29, 1.82) is 0 Å². The second-order valence-electron chi connectivity index (χ2n) is 10.7. The second kappa shape index (κ2) is 10.8. The number of halogens is 3. The van der Waals surface area contributed by atoms with Crippen LogP contribution in [0.1, 0.15) is 44.2 Å². The SMILES string of the molecule is CC(C)C(=O)NC1C=C(C2CCN(Cc3cn(-c4cccc(C(F)(F)F)c4)c4ccccc34)CC2)C=CC1. The Bertz CT molecular complexity index is 1360. The summed E-state index contributed by atoms with van der Waals surface area (Å²) < 4.78 is 41.9. The van der Waals surface area contributed by atoms with E-state index in [-0.39, 0.29) is 17.9 Å². The molecule has 1 aliphatic heterocycles. The van der Waals surface area contributed by atoms with Crippen molar-refractivity contribution in [1.82, 2.24) is 14.8 Å². The molecule has 38 heavy (non-hydrogen) atoms. The van der Waals surface area contributed by atoms with E-state index in [9.17, 15) is 18.0 Å². The van der Waals surface area contributed by atoms with Crippen molar-refractivity contribution in [2.45, 2.75) is 51.9 Å². The molecule has 0 bridgehead atoms. The Kier molecular flexibility index (Phi) is 7.48. The number of likely N-dealkylation sites (tertiary alicyclic amines) is 1. The minimum Gasteiger partial charge on any atom is -0.349 e. The first kappa shape index (κ1) is 26.3. The molecule has 2 heterocycles. The predicted molar refractivity (Wildman–Crippen MR) is 145 cm³/mol. The van der Waals surface area contributed by atoms with Crippen molar-refractivity contribution in [2.24, 2.45) is 11.8 Å². The van der Waals surface area contributed by atoms with Crippen LogP contribution in [0.4, 0.5) is 13.2 Å². The van der Waals surface area contributed by atoms with Crippen LogP contribution in [0.2, 0.25) is 0 Å². The molecule has 2 aromatic carbocycles. The van der Waals surface area contributed by atoms with Crippen LogP contribution in [-0.2, 0) is 17.5 Å². The van der Waals surface area contributed by atoms with Crippen molar-refractivity contribution in [3.05, 3.63) is 89.7 Å². The average molecular weight is 522 g/mol. The first-order valence-corrected chi connectivity index (χ1v) is 13.4. The van der Waals surface area contributed by atoms with Gasteiger partial charge in [0.15, 0.2) is 0 Å². The number of rotatable bonds is 6. The lowest BCUT2D eigenvalue weighted by Gasteiger charge is -2.33.